The highest BCUT2D eigenvalue weighted by Crippen LogP contribution is 2.24. The molecular weight excluding hydrogens is 306 g/mol. The Morgan fingerprint density at radius 3 is 2.53 bits per heavy atom. The predicted molar refractivity (Wildman–Crippen MR) is 82.5 cm³/mol. The van der Waals surface area contributed by atoms with Crippen LogP contribution in [0.5, 0.6) is 0 Å². The summed E-state index contributed by atoms with van der Waals surface area (Å²) >= 11 is 3.68. The first-order valence-electron chi connectivity index (χ1n) is 6.99. The summed E-state index contributed by atoms with van der Waals surface area (Å²) in [6, 6.07) is 0.307. The molecule has 0 saturated carbocycles. The van der Waals surface area contributed by atoms with Crippen LogP contribution in [0.2, 0.25) is 0 Å². The van der Waals surface area contributed by atoms with E-state index in [-0.39, 0.29) is 6.10 Å². The largest absolute Gasteiger partial charge is 0.380 e. The average Bonchev–Trinajstić information content (AvgIpc) is 2.69. The van der Waals surface area contributed by atoms with E-state index in [0.29, 0.717) is 6.04 Å². The second kappa shape index (κ2) is 8.02. The van der Waals surface area contributed by atoms with E-state index in [2.05, 4.69) is 40.2 Å². The molecule has 1 aromatic rings. The van der Waals surface area contributed by atoms with Gasteiger partial charge in [0.2, 0.25) is 0 Å². The van der Waals surface area contributed by atoms with E-state index in [1.807, 2.05) is 18.8 Å². The van der Waals surface area contributed by atoms with Crippen LogP contribution in [0, 0.1) is 0 Å². The number of hydrogen-bond donors (Lipinski definition) is 1. The molecule has 0 aromatic carbocycles. The van der Waals surface area contributed by atoms with Gasteiger partial charge in [-0.05, 0) is 35.8 Å². The summed E-state index contributed by atoms with van der Waals surface area (Å²) in [6.07, 6.45) is 4.30. The molecule has 1 N–H and O–H groups in total. The topological polar surface area (TPSA) is 39.1 Å². The Balaban J connectivity index is 2.88. The second-order valence-electron chi connectivity index (χ2n) is 4.85. The molecule has 1 rings (SSSR count). The predicted octanol–water partition coefficient (Wildman–Crippen LogP) is 2.69. The lowest BCUT2D eigenvalue weighted by atomic mass is 10.0. The first-order valence-corrected chi connectivity index (χ1v) is 7.78. The molecule has 2 atom stereocenters. The summed E-state index contributed by atoms with van der Waals surface area (Å²) in [5, 5.41) is 7.93. The number of halogens is 1. The van der Waals surface area contributed by atoms with E-state index in [4.69, 9.17) is 4.74 Å². The van der Waals surface area contributed by atoms with Gasteiger partial charge in [0.25, 0.3) is 0 Å². The van der Waals surface area contributed by atoms with Crippen molar-refractivity contribution in [3.63, 3.8) is 0 Å². The third-order valence-corrected chi connectivity index (χ3v) is 4.53. The summed E-state index contributed by atoms with van der Waals surface area (Å²) < 4.78 is 8.74. The molecule has 0 aliphatic carbocycles. The lowest BCUT2D eigenvalue weighted by Crippen LogP contribution is -2.41. The van der Waals surface area contributed by atoms with Gasteiger partial charge in [-0.3, -0.25) is 4.68 Å². The van der Waals surface area contributed by atoms with Crippen LogP contribution in [0.4, 0.5) is 0 Å². The van der Waals surface area contributed by atoms with Crippen molar-refractivity contribution in [1.82, 2.24) is 15.1 Å². The summed E-state index contributed by atoms with van der Waals surface area (Å²) in [7, 11) is 5.80. The zero-order chi connectivity index (χ0) is 14.4. The molecule has 5 heteroatoms. The smallest absolute Gasteiger partial charge is 0.0766 e. The molecule has 19 heavy (non-hydrogen) atoms. The first-order chi connectivity index (χ1) is 9.08. The minimum atomic E-state index is 0.238. The third-order valence-electron chi connectivity index (χ3n) is 3.61. The van der Waals surface area contributed by atoms with Gasteiger partial charge in [-0.15, -0.1) is 0 Å². The zero-order valence-corrected chi connectivity index (χ0v) is 14.2. The maximum Gasteiger partial charge on any atom is 0.0766 e. The van der Waals surface area contributed by atoms with Crippen LogP contribution in [0.3, 0.4) is 0 Å². The molecule has 0 bridgehead atoms. The molecule has 0 saturated heterocycles. The molecule has 2 unspecified atom stereocenters. The van der Waals surface area contributed by atoms with E-state index >= 15 is 0 Å². The maximum atomic E-state index is 5.62. The Labute approximate surface area is 125 Å². The standard InChI is InChI=1S/C14H26BrN3O/c1-6-8-13(19-5)11(16-3)9-12-14(15)10(7-2)17-18(12)4/h11,13,16H,6-9H2,1-5H3. The van der Waals surface area contributed by atoms with Gasteiger partial charge >= 0.3 is 0 Å². The Bertz CT molecular complexity index is 392. The maximum absolute atomic E-state index is 5.62. The lowest BCUT2D eigenvalue weighted by Gasteiger charge is -2.25. The molecule has 1 aromatic heterocycles. The number of aryl methyl sites for hydroxylation is 2. The first kappa shape index (κ1) is 16.7. The third kappa shape index (κ3) is 4.04. The van der Waals surface area contributed by atoms with Crippen molar-refractivity contribution < 1.29 is 4.74 Å². The molecule has 4 nitrogen and oxygen atoms in total. The fourth-order valence-electron chi connectivity index (χ4n) is 2.44. The molecule has 110 valence electrons. The van der Waals surface area contributed by atoms with Gasteiger partial charge in [-0.25, -0.2) is 0 Å². The summed E-state index contributed by atoms with van der Waals surface area (Å²) in [5.41, 5.74) is 2.35. The van der Waals surface area contributed by atoms with Gasteiger partial charge in [0.15, 0.2) is 0 Å². The van der Waals surface area contributed by atoms with Crippen LogP contribution >= 0.6 is 15.9 Å². The van der Waals surface area contributed by atoms with Gasteiger partial charge in [0.05, 0.1) is 22.0 Å². The molecule has 1 heterocycles. The summed E-state index contributed by atoms with van der Waals surface area (Å²) in [4.78, 5) is 0. The van der Waals surface area contributed by atoms with E-state index in [9.17, 15) is 0 Å². The van der Waals surface area contributed by atoms with Crippen molar-refractivity contribution in [3.8, 4) is 0 Å². The quantitative estimate of drug-likeness (QED) is 0.796. The highest BCUT2D eigenvalue weighted by molar-refractivity contribution is 9.10. The van der Waals surface area contributed by atoms with Crippen molar-refractivity contribution in [1.29, 1.82) is 0 Å². The Morgan fingerprint density at radius 2 is 2.11 bits per heavy atom. The van der Waals surface area contributed by atoms with Crippen LogP contribution < -0.4 is 5.32 Å². The van der Waals surface area contributed by atoms with E-state index in [1.165, 1.54) is 5.69 Å². The van der Waals surface area contributed by atoms with Crippen LogP contribution in [0.25, 0.3) is 0 Å². The fourth-order valence-corrected chi connectivity index (χ4v) is 3.22. The van der Waals surface area contributed by atoms with Crippen LogP contribution in [-0.4, -0.2) is 36.1 Å². The normalized spacial score (nSPS) is 14.6. The molecule has 0 fully saturated rings. The Morgan fingerprint density at radius 1 is 1.42 bits per heavy atom. The van der Waals surface area contributed by atoms with Crippen molar-refractivity contribution >= 4 is 15.9 Å². The molecule has 0 aliphatic heterocycles. The molecule has 0 radical (unpaired) electrons. The van der Waals surface area contributed by atoms with Gasteiger partial charge in [-0.1, -0.05) is 20.3 Å². The van der Waals surface area contributed by atoms with Gasteiger partial charge < -0.3 is 10.1 Å². The minimum Gasteiger partial charge on any atom is -0.380 e. The van der Waals surface area contributed by atoms with Crippen LogP contribution in [0.1, 0.15) is 38.1 Å². The average molecular weight is 332 g/mol. The zero-order valence-electron chi connectivity index (χ0n) is 12.7. The van der Waals surface area contributed by atoms with Gasteiger partial charge in [0.1, 0.15) is 0 Å². The number of rotatable bonds is 8. The molecule has 0 spiro atoms. The highest BCUT2D eigenvalue weighted by Gasteiger charge is 2.23. The molecular formula is C14H26BrN3O. The minimum absolute atomic E-state index is 0.238. The number of methoxy groups -OCH3 is 1. The number of hydrogen-bond acceptors (Lipinski definition) is 3. The second-order valence-corrected chi connectivity index (χ2v) is 5.64. The molecule has 0 amide bonds. The fraction of sp³-hybridized carbons (Fsp3) is 0.786. The van der Waals surface area contributed by atoms with Crippen LogP contribution in [0.15, 0.2) is 4.47 Å². The van der Waals surface area contributed by atoms with Crippen molar-refractivity contribution in [2.75, 3.05) is 14.2 Å². The summed E-state index contributed by atoms with van der Waals surface area (Å²) in [5.74, 6) is 0. The number of likely N-dealkylation sites (N-methyl/N-ethyl adjacent to an activating group) is 1. The Kier molecular flexibility index (Phi) is 7.04. The Hall–Kier alpha value is -0.390. The van der Waals surface area contributed by atoms with Crippen molar-refractivity contribution in [2.24, 2.45) is 7.05 Å². The van der Waals surface area contributed by atoms with E-state index in [1.54, 1.807) is 7.11 Å². The number of aromatic nitrogens is 2. The van der Waals surface area contributed by atoms with Gasteiger partial charge in [0, 0.05) is 26.6 Å². The van der Waals surface area contributed by atoms with E-state index < -0.39 is 0 Å². The van der Waals surface area contributed by atoms with Crippen LogP contribution in [-0.2, 0) is 24.6 Å². The number of ether oxygens (including phenoxy) is 1. The van der Waals surface area contributed by atoms with Crippen molar-refractivity contribution in [2.45, 2.75) is 51.7 Å². The van der Waals surface area contributed by atoms with E-state index in [0.717, 1.165) is 35.8 Å². The van der Waals surface area contributed by atoms with Crippen molar-refractivity contribution in [3.05, 3.63) is 15.9 Å². The SMILES string of the molecule is CCCC(OC)C(Cc1c(Br)c(CC)nn1C)NC. The number of nitrogens with zero attached hydrogens (tertiary/aromatic N) is 2. The lowest BCUT2D eigenvalue weighted by molar-refractivity contribution is 0.0627. The monoisotopic (exact) mass is 331 g/mol. The highest BCUT2D eigenvalue weighted by atomic mass is 79.9. The van der Waals surface area contributed by atoms with Gasteiger partial charge in [-0.2, -0.15) is 5.10 Å². The number of nitrogens with one attached hydrogen (secondary N) is 1. The summed E-state index contributed by atoms with van der Waals surface area (Å²) in [6.45, 7) is 4.31. The molecule has 0 aliphatic rings.